The van der Waals surface area contributed by atoms with E-state index in [2.05, 4.69) is 10.5 Å². The van der Waals surface area contributed by atoms with Gasteiger partial charge >= 0.3 is 0 Å². The van der Waals surface area contributed by atoms with Crippen LogP contribution in [0.3, 0.4) is 0 Å². The second-order valence-electron chi connectivity index (χ2n) is 5.52. The molecule has 0 heterocycles. The van der Waals surface area contributed by atoms with E-state index in [1.54, 1.807) is 25.1 Å². The van der Waals surface area contributed by atoms with E-state index in [0.29, 0.717) is 5.02 Å². The van der Waals surface area contributed by atoms with Gasteiger partial charge in [-0.2, -0.15) is 5.10 Å². The molecule has 0 fully saturated rings. The zero-order chi connectivity index (χ0) is 19.3. The third-order valence-electron chi connectivity index (χ3n) is 3.43. The van der Waals surface area contributed by atoms with Gasteiger partial charge in [0.2, 0.25) is 10.0 Å². The minimum absolute atomic E-state index is 0.193. The van der Waals surface area contributed by atoms with E-state index in [1.165, 1.54) is 24.3 Å². The van der Waals surface area contributed by atoms with Gasteiger partial charge in [0.1, 0.15) is 12.4 Å². The molecule has 2 aromatic rings. The number of hydrazone groups is 1. The van der Waals surface area contributed by atoms with E-state index < -0.39 is 28.3 Å². The molecule has 0 aliphatic heterocycles. The number of nitrogens with zero attached hydrogens (tertiary/aromatic N) is 2. The molecule has 0 unspecified atom stereocenters. The second kappa shape index (κ2) is 8.29. The largest absolute Gasteiger partial charge is 0.271 e. The van der Waals surface area contributed by atoms with Crippen LogP contribution in [0.2, 0.25) is 5.02 Å². The number of rotatable bonds is 6. The van der Waals surface area contributed by atoms with Gasteiger partial charge in [0, 0.05) is 10.6 Å². The first-order valence-corrected chi connectivity index (χ1v) is 9.71. The summed E-state index contributed by atoms with van der Waals surface area (Å²) in [4.78, 5) is 12.0. The normalized spacial score (nSPS) is 11.5. The lowest BCUT2D eigenvalue weighted by atomic mass is 10.2. The van der Waals surface area contributed by atoms with Crippen LogP contribution >= 0.6 is 11.6 Å². The Labute approximate surface area is 156 Å². The Morgan fingerprint density at radius 2 is 2.00 bits per heavy atom. The predicted octanol–water partition coefficient (Wildman–Crippen LogP) is 2.70. The third kappa shape index (κ3) is 5.27. The minimum Gasteiger partial charge on any atom is -0.271 e. The maximum atomic E-state index is 13.5. The maximum absolute atomic E-state index is 13.5. The van der Waals surface area contributed by atoms with Crippen molar-refractivity contribution in [2.75, 3.05) is 17.1 Å². The number of sulfonamides is 1. The summed E-state index contributed by atoms with van der Waals surface area (Å²) in [6.07, 6.45) is 2.12. The summed E-state index contributed by atoms with van der Waals surface area (Å²) in [5.41, 5.74) is 3.41. The van der Waals surface area contributed by atoms with Crippen molar-refractivity contribution in [1.82, 2.24) is 5.43 Å². The molecular weight excluding hydrogens is 381 g/mol. The van der Waals surface area contributed by atoms with Gasteiger partial charge in [-0.3, -0.25) is 9.10 Å². The quantitative estimate of drug-likeness (QED) is 0.601. The molecule has 9 heteroatoms. The topological polar surface area (TPSA) is 78.8 Å². The number of aryl methyl sites for hydroxylation is 1. The van der Waals surface area contributed by atoms with Gasteiger partial charge < -0.3 is 0 Å². The molecule has 138 valence electrons. The molecule has 2 aromatic carbocycles. The molecule has 6 nitrogen and oxygen atoms in total. The summed E-state index contributed by atoms with van der Waals surface area (Å²) in [6, 6.07) is 10.6. The molecule has 1 amide bonds. The summed E-state index contributed by atoms with van der Waals surface area (Å²) in [7, 11) is -3.72. The van der Waals surface area contributed by atoms with Crippen LogP contribution in [-0.2, 0) is 14.8 Å². The van der Waals surface area contributed by atoms with Crippen LogP contribution in [0.25, 0.3) is 0 Å². The highest BCUT2D eigenvalue weighted by Gasteiger charge is 2.21. The van der Waals surface area contributed by atoms with Gasteiger partial charge in [-0.05, 0) is 30.7 Å². The average Bonchev–Trinajstić information content (AvgIpc) is 2.56. The van der Waals surface area contributed by atoms with Crippen LogP contribution < -0.4 is 9.73 Å². The van der Waals surface area contributed by atoms with Crippen molar-refractivity contribution in [2.45, 2.75) is 6.92 Å². The van der Waals surface area contributed by atoms with E-state index in [9.17, 15) is 17.6 Å². The smallest absolute Gasteiger partial charge is 0.260 e. The number of carbonyl (C=O) groups is 1. The van der Waals surface area contributed by atoms with Crippen molar-refractivity contribution in [2.24, 2.45) is 5.10 Å². The zero-order valence-corrected chi connectivity index (χ0v) is 15.7. The summed E-state index contributed by atoms with van der Waals surface area (Å²) in [5.74, 6) is -1.17. The average molecular weight is 398 g/mol. The number of hydrogen-bond acceptors (Lipinski definition) is 4. The van der Waals surface area contributed by atoms with E-state index in [-0.39, 0.29) is 11.3 Å². The Morgan fingerprint density at radius 1 is 1.31 bits per heavy atom. The van der Waals surface area contributed by atoms with Gasteiger partial charge in [0.15, 0.2) is 0 Å². The first-order valence-electron chi connectivity index (χ1n) is 7.49. The van der Waals surface area contributed by atoms with E-state index in [1.807, 2.05) is 0 Å². The monoisotopic (exact) mass is 397 g/mol. The minimum atomic E-state index is -3.72. The fraction of sp³-hybridized carbons (Fsp3) is 0.176. The number of benzene rings is 2. The molecule has 0 bridgehead atoms. The van der Waals surface area contributed by atoms with Crippen LogP contribution in [0.4, 0.5) is 10.1 Å². The Kier molecular flexibility index (Phi) is 6.33. The molecule has 0 atom stereocenters. The number of halogens is 2. The van der Waals surface area contributed by atoms with Crippen molar-refractivity contribution in [3.8, 4) is 0 Å². The van der Waals surface area contributed by atoms with Crippen molar-refractivity contribution >= 4 is 39.4 Å². The molecule has 1 N–H and O–H groups in total. The van der Waals surface area contributed by atoms with Crippen molar-refractivity contribution in [3.05, 3.63) is 64.4 Å². The predicted molar refractivity (Wildman–Crippen MR) is 101 cm³/mol. The van der Waals surface area contributed by atoms with Gasteiger partial charge in [-0.1, -0.05) is 35.9 Å². The number of carbonyl (C=O) groups excluding carboxylic acids is 1. The Balaban J connectivity index is 2.12. The first-order chi connectivity index (χ1) is 12.2. The molecule has 0 saturated heterocycles. The van der Waals surface area contributed by atoms with E-state index in [0.717, 1.165) is 22.3 Å². The van der Waals surface area contributed by atoms with Crippen molar-refractivity contribution < 1.29 is 17.6 Å². The van der Waals surface area contributed by atoms with Crippen LogP contribution in [0, 0.1) is 12.7 Å². The fourth-order valence-electron chi connectivity index (χ4n) is 2.06. The van der Waals surface area contributed by atoms with E-state index in [4.69, 9.17) is 11.6 Å². The molecule has 0 aliphatic rings. The second-order valence-corrected chi connectivity index (χ2v) is 7.83. The molecule has 0 aromatic heterocycles. The molecule has 2 rings (SSSR count). The van der Waals surface area contributed by atoms with Crippen LogP contribution in [0.5, 0.6) is 0 Å². The molecular formula is C17H17ClFN3O3S. The standard InChI is InChI=1S/C17H17ClFN3O3S/c1-12-7-8-14(9-15(12)18)22(26(2,24)25)11-17(23)21-20-10-13-5-3-4-6-16(13)19/h3-10H,11H2,1-2H3,(H,21,23)/b20-10-. The number of amides is 1. The van der Waals surface area contributed by atoms with Crippen LogP contribution in [0.1, 0.15) is 11.1 Å². The highest BCUT2D eigenvalue weighted by molar-refractivity contribution is 7.92. The Hall–Kier alpha value is -2.45. The third-order valence-corrected chi connectivity index (χ3v) is 4.98. The number of anilines is 1. The van der Waals surface area contributed by atoms with Crippen molar-refractivity contribution in [1.29, 1.82) is 0 Å². The highest BCUT2D eigenvalue weighted by Crippen LogP contribution is 2.24. The summed E-state index contributed by atoms with van der Waals surface area (Å²) < 4.78 is 38.4. The van der Waals surface area contributed by atoms with Gasteiger partial charge in [-0.15, -0.1) is 0 Å². The van der Waals surface area contributed by atoms with Gasteiger partial charge in [-0.25, -0.2) is 18.2 Å². The summed E-state index contributed by atoms with van der Waals surface area (Å²) >= 11 is 6.03. The zero-order valence-electron chi connectivity index (χ0n) is 14.1. The molecule has 26 heavy (non-hydrogen) atoms. The first kappa shape index (κ1) is 19.9. The van der Waals surface area contributed by atoms with Crippen LogP contribution in [0.15, 0.2) is 47.6 Å². The van der Waals surface area contributed by atoms with Crippen LogP contribution in [-0.4, -0.2) is 33.3 Å². The van der Waals surface area contributed by atoms with Gasteiger partial charge in [0.05, 0.1) is 18.2 Å². The van der Waals surface area contributed by atoms with E-state index >= 15 is 0 Å². The maximum Gasteiger partial charge on any atom is 0.260 e. The van der Waals surface area contributed by atoms with Gasteiger partial charge in [0.25, 0.3) is 5.91 Å². The number of nitrogens with one attached hydrogen (secondary N) is 1. The Morgan fingerprint density at radius 3 is 2.62 bits per heavy atom. The summed E-state index contributed by atoms with van der Waals surface area (Å²) in [5, 5.41) is 4.03. The molecule has 0 saturated carbocycles. The molecule has 0 aliphatic carbocycles. The summed E-state index contributed by atoms with van der Waals surface area (Å²) in [6.45, 7) is 1.29. The lowest BCUT2D eigenvalue weighted by Crippen LogP contribution is -2.39. The Bertz CT molecular complexity index is 948. The molecule has 0 radical (unpaired) electrons. The van der Waals surface area contributed by atoms with Crippen molar-refractivity contribution in [3.63, 3.8) is 0 Å². The highest BCUT2D eigenvalue weighted by atomic mass is 35.5. The molecule has 0 spiro atoms. The lowest BCUT2D eigenvalue weighted by molar-refractivity contribution is -0.119. The number of hydrogen-bond donors (Lipinski definition) is 1. The lowest BCUT2D eigenvalue weighted by Gasteiger charge is -2.21. The SMILES string of the molecule is Cc1ccc(N(CC(=O)N/N=C\c2ccccc2F)S(C)(=O)=O)cc1Cl. The fourth-order valence-corrected chi connectivity index (χ4v) is 3.08.